The van der Waals surface area contributed by atoms with Gasteiger partial charge in [-0.15, -0.1) is 0 Å². The molecule has 0 aliphatic heterocycles. The highest BCUT2D eigenvalue weighted by Gasteiger charge is 2.11. The van der Waals surface area contributed by atoms with E-state index in [1.165, 1.54) is 6.07 Å². The van der Waals surface area contributed by atoms with E-state index in [9.17, 15) is 8.78 Å². The molecule has 4 heteroatoms. The molecule has 1 rings (SSSR count). The van der Waals surface area contributed by atoms with E-state index in [0.717, 1.165) is 18.6 Å². The maximum absolute atomic E-state index is 13.0. The smallest absolute Gasteiger partial charge is 0.160 e. The van der Waals surface area contributed by atoms with Gasteiger partial charge in [0.2, 0.25) is 0 Å². The predicted molar refractivity (Wildman–Crippen MR) is 59.0 cm³/mol. The summed E-state index contributed by atoms with van der Waals surface area (Å²) in [4.78, 5) is 1.75. The van der Waals surface area contributed by atoms with E-state index in [2.05, 4.69) is 6.07 Å². The first-order valence-corrected chi connectivity index (χ1v) is 5.14. The van der Waals surface area contributed by atoms with Gasteiger partial charge in [-0.1, -0.05) is 6.92 Å². The quantitative estimate of drug-likeness (QED) is 0.786. The second kappa shape index (κ2) is 5.45. The highest BCUT2D eigenvalue weighted by molar-refractivity contribution is 5.46. The van der Waals surface area contributed by atoms with Crippen LogP contribution in [-0.4, -0.2) is 13.6 Å². The van der Waals surface area contributed by atoms with Crippen LogP contribution < -0.4 is 4.90 Å². The molecule has 16 heavy (non-hydrogen) atoms. The first-order chi connectivity index (χ1) is 7.58. The first kappa shape index (κ1) is 12.4. The number of hydrogen-bond acceptors (Lipinski definition) is 2. The molecule has 0 fully saturated rings. The topological polar surface area (TPSA) is 27.0 Å². The van der Waals surface area contributed by atoms with Crippen LogP contribution in [0.3, 0.4) is 0 Å². The number of halogens is 2. The molecule has 0 aliphatic rings. The van der Waals surface area contributed by atoms with Gasteiger partial charge in [0, 0.05) is 25.3 Å². The fourth-order valence-electron chi connectivity index (χ4n) is 1.42. The van der Waals surface area contributed by atoms with Crippen molar-refractivity contribution in [2.75, 3.05) is 18.5 Å². The third-order valence-corrected chi connectivity index (χ3v) is 2.51. The van der Waals surface area contributed by atoms with Crippen LogP contribution in [0.2, 0.25) is 0 Å². The monoisotopic (exact) mass is 224 g/mol. The zero-order valence-electron chi connectivity index (χ0n) is 9.37. The summed E-state index contributed by atoms with van der Waals surface area (Å²) >= 11 is 0. The first-order valence-electron chi connectivity index (χ1n) is 5.14. The van der Waals surface area contributed by atoms with Crippen LogP contribution in [0.1, 0.15) is 13.3 Å². The predicted octanol–water partition coefficient (Wildman–Crippen LogP) is 2.95. The molecule has 1 aromatic rings. The minimum atomic E-state index is -0.866. The Hall–Kier alpha value is -1.63. The van der Waals surface area contributed by atoms with Crippen LogP contribution in [-0.2, 0) is 0 Å². The number of anilines is 1. The van der Waals surface area contributed by atoms with Gasteiger partial charge in [-0.2, -0.15) is 5.26 Å². The standard InChI is InChI=1S/C12H14F2N2/c1-3-9(7-15)8-16(2)10-4-5-11(13)12(14)6-10/h4-6,9H,3,8H2,1-2H3. The molecule has 1 atom stereocenters. The van der Waals surface area contributed by atoms with Crippen molar-refractivity contribution in [1.82, 2.24) is 0 Å². The van der Waals surface area contributed by atoms with E-state index in [-0.39, 0.29) is 5.92 Å². The van der Waals surface area contributed by atoms with Gasteiger partial charge in [-0.25, -0.2) is 8.78 Å². The Bertz CT molecular complexity index is 398. The average Bonchev–Trinajstić information content (AvgIpc) is 2.29. The summed E-state index contributed by atoms with van der Waals surface area (Å²) in [5.41, 5.74) is 0.576. The zero-order valence-corrected chi connectivity index (χ0v) is 9.37. The van der Waals surface area contributed by atoms with Crippen molar-refractivity contribution in [3.8, 4) is 6.07 Å². The van der Waals surface area contributed by atoms with Gasteiger partial charge in [0.25, 0.3) is 0 Å². The van der Waals surface area contributed by atoms with Gasteiger partial charge in [-0.3, -0.25) is 0 Å². The lowest BCUT2D eigenvalue weighted by Gasteiger charge is -2.21. The molecule has 0 heterocycles. The molecule has 0 saturated carbocycles. The summed E-state index contributed by atoms with van der Waals surface area (Å²) in [6, 6.07) is 5.90. The Morgan fingerprint density at radius 3 is 2.56 bits per heavy atom. The summed E-state index contributed by atoms with van der Waals surface area (Å²) in [5, 5.41) is 8.81. The van der Waals surface area contributed by atoms with Crippen molar-refractivity contribution in [2.45, 2.75) is 13.3 Å². The van der Waals surface area contributed by atoms with Gasteiger partial charge in [0.05, 0.1) is 12.0 Å². The summed E-state index contributed by atoms with van der Waals surface area (Å²) in [6.45, 7) is 2.44. The maximum Gasteiger partial charge on any atom is 0.160 e. The minimum Gasteiger partial charge on any atom is -0.373 e. The van der Waals surface area contributed by atoms with Gasteiger partial charge >= 0.3 is 0 Å². The van der Waals surface area contributed by atoms with Crippen LogP contribution in [0.5, 0.6) is 0 Å². The van der Waals surface area contributed by atoms with Crippen molar-refractivity contribution in [2.24, 2.45) is 5.92 Å². The maximum atomic E-state index is 13.0. The summed E-state index contributed by atoms with van der Waals surface area (Å²) < 4.78 is 25.7. The van der Waals surface area contributed by atoms with Gasteiger partial charge in [-0.05, 0) is 18.6 Å². The second-order valence-corrected chi connectivity index (χ2v) is 3.71. The van der Waals surface area contributed by atoms with E-state index in [1.807, 2.05) is 6.92 Å². The van der Waals surface area contributed by atoms with Crippen LogP contribution in [0.4, 0.5) is 14.5 Å². The molecule has 0 radical (unpaired) electrons. The molecule has 0 N–H and O–H groups in total. The van der Waals surface area contributed by atoms with Crippen LogP contribution in [0.25, 0.3) is 0 Å². The molecule has 0 amide bonds. The van der Waals surface area contributed by atoms with Gasteiger partial charge in [0.15, 0.2) is 11.6 Å². The SMILES string of the molecule is CCC(C#N)CN(C)c1ccc(F)c(F)c1. The van der Waals surface area contributed by atoms with Gasteiger partial charge < -0.3 is 4.90 Å². The molecule has 2 nitrogen and oxygen atoms in total. The molecule has 86 valence electrons. The Labute approximate surface area is 94.1 Å². The lowest BCUT2D eigenvalue weighted by atomic mass is 10.1. The van der Waals surface area contributed by atoms with Crippen molar-refractivity contribution in [3.05, 3.63) is 29.8 Å². The van der Waals surface area contributed by atoms with Crippen molar-refractivity contribution in [3.63, 3.8) is 0 Å². The Morgan fingerprint density at radius 2 is 2.06 bits per heavy atom. The van der Waals surface area contributed by atoms with E-state index >= 15 is 0 Å². The molecular formula is C12H14F2N2. The zero-order chi connectivity index (χ0) is 12.1. The van der Waals surface area contributed by atoms with E-state index in [4.69, 9.17) is 5.26 Å². The largest absolute Gasteiger partial charge is 0.373 e. The molecule has 0 saturated heterocycles. The van der Waals surface area contributed by atoms with Crippen LogP contribution in [0.15, 0.2) is 18.2 Å². The van der Waals surface area contributed by atoms with Crippen molar-refractivity contribution in [1.29, 1.82) is 5.26 Å². The van der Waals surface area contributed by atoms with E-state index < -0.39 is 11.6 Å². The summed E-state index contributed by atoms with van der Waals surface area (Å²) in [6.07, 6.45) is 0.741. The summed E-state index contributed by atoms with van der Waals surface area (Å²) in [5.74, 6) is -1.82. The fourth-order valence-corrected chi connectivity index (χ4v) is 1.42. The number of nitrogens with zero attached hydrogens (tertiary/aromatic N) is 2. The molecule has 0 bridgehead atoms. The second-order valence-electron chi connectivity index (χ2n) is 3.71. The minimum absolute atomic E-state index is 0.0990. The lowest BCUT2D eigenvalue weighted by molar-refractivity contribution is 0.508. The van der Waals surface area contributed by atoms with Crippen molar-refractivity contribution >= 4 is 5.69 Å². The summed E-state index contributed by atoms with van der Waals surface area (Å²) in [7, 11) is 1.76. The fraction of sp³-hybridized carbons (Fsp3) is 0.417. The number of rotatable bonds is 4. The molecule has 0 aromatic heterocycles. The molecule has 1 unspecified atom stereocenters. The van der Waals surface area contributed by atoms with Crippen LogP contribution >= 0.6 is 0 Å². The van der Waals surface area contributed by atoms with Gasteiger partial charge in [0.1, 0.15) is 0 Å². The van der Waals surface area contributed by atoms with Crippen LogP contribution in [0, 0.1) is 28.9 Å². The third-order valence-electron chi connectivity index (χ3n) is 2.51. The number of benzene rings is 1. The molecule has 1 aromatic carbocycles. The molecule has 0 aliphatic carbocycles. The Kier molecular flexibility index (Phi) is 4.24. The van der Waals surface area contributed by atoms with Crippen molar-refractivity contribution < 1.29 is 8.78 Å². The average molecular weight is 224 g/mol. The number of nitriles is 1. The molecular weight excluding hydrogens is 210 g/mol. The lowest BCUT2D eigenvalue weighted by Crippen LogP contribution is -2.24. The van der Waals surface area contributed by atoms with E-state index in [0.29, 0.717) is 12.2 Å². The normalized spacial score (nSPS) is 11.9. The Morgan fingerprint density at radius 1 is 1.38 bits per heavy atom. The Balaban J connectivity index is 2.77. The van der Waals surface area contributed by atoms with E-state index in [1.54, 1.807) is 11.9 Å². The molecule has 0 spiro atoms. The highest BCUT2D eigenvalue weighted by Crippen LogP contribution is 2.18. The third kappa shape index (κ3) is 2.93. The highest BCUT2D eigenvalue weighted by atomic mass is 19.2. The number of hydrogen-bond donors (Lipinski definition) is 0.